The number of aromatic nitrogens is 1. The van der Waals surface area contributed by atoms with E-state index in [1.165, 1.54) is 0 Å². The largest absolute Gasteiger partial charge is 0.431 e. The first-order valence-corrected chi connectivity index (χ1v) is 5.96. The molecule has 3 nitrogen and oxygen atoms in total. The SMILES string of the molecule is CC(CN)CSc1nc2ccccc2o1. The molecule has 0 radical (unpaired) electrons. The highest BCUT2D eigenvalue weighted by Gasteiger charge is 2.07. The summed E-state index contributed by atoms with van der Waals surface area (Å²) in [7, 11) is 0. The molecule has 0 aliphatic carbocycles. The van der Waals surface area contributed by atoms with Gasteiger partial charge in [0.15, 0.2) is 5.58 Å². The van der Waals surface area contributed by atoms with Gasteiger partial charge in [-0.3, -0.25) is 0 Å². The van der Waals surface area contributed by atoms with Crippen LogP contribution in [0.5, 0.6) is 0 Å². The first-order valence-electron chi connectivity index (χ1n) is 4.98. The van der Waals surface area contributed by atoms with E-state index in [1.54, 1.807) is 11.8 Å². The highest BCUT2D eigenvalue weighted by molar-refractivity contribution is 7.99. The molecule has 1 atom stereocenters. The second kappa shape index (κ2) is 4.68. The van der Waals surface area contributed by atoms with Gasteiger partial charge in [-0.15, -0.1) is 0 Å². The van der Waals surface area contributed by atoms with Crippen molar-refractivity contribution in [3.05, 3.63) is 24.3 Å². The molecule has 2 N–H and O–H groups in total. The Bertz CT molecular complexity index is 408. The van der Waals surface area contributed by atoms with Crippen molar-refractivity contribution in [3.8, 4) is 0 Å². The Balaban J connectivity index is 2.09. The lowest BCUT2D eigenvalue weighted by Gasteiger charge is -2.03. The van der Waals surface area contributed by atoms with Gasteiger partial charge in [-0.1, -0.05) is 30.8 Å². The van der Waals surface area contributed by atoms with E-state index < -0.39 is 0 Å². The minimum atomic E-state index is 0.491. The first kappa shape index (κ1) is 10.5. The zero-order chi connectivity index (χ0) is 10.7. The second-order valence-corrected chi connectivity index (χ2v) is 4.57. The summed E-state index contributed by atoms with van der Waals surface area (Å²) >= 11 is 1.62. The lowest BCUT2D eigenvalue weighted by atomic mass is 10.2. The summed E-state index contributed by atoms with van der Waals surface area (Å²) in [5, 5.41) is 0.733. The lowest BCUT2D eigenvalue weighted by Crippen LogP contribution is -2.12. The number of oxazole rings is 1. The van der Waals surface area contributed by atoms with Crippen LogP contribution in [0.3, 0.4) is 0 Å². The van der Waals surface area contributed by atoms with Crippen LogP contribution < -0.4 is 5.73 Å². The Hall–Kier alpha value is -1.00. The molecule has 0 saturated carbocycles. The number of benzene rings is 1. The van der Waals surface area contributed by atoms with E-state index in [1.807, 2.05) is 24.3 Å². The van der Waals surface area contributed by atoms with Crippen molar-refractivity contribution >= 4 is 22.9 Å². The molecule has 1 heterocycles. The number of rotatable bonds is 4. The molecule has 1 aromatic heterocycles. The molecule has 15 heavy (non-hydrogen) atoms. The number of nitrogens with two attached hydrogens (primary N) is 1. The number of nitrogens with zero attached hydrogens (tertiary/aromatic N) is 1. The third-order valence-corrected chi connectivity index (χ3v) is 3.33. The van der Waals surface area contributed by atoms with Crippen LogP contribution >= 0.6 is 11.8 Å². The van der Waals surface area contributed by atoms with Crippen molar-refractivity contribution in [1.82, 2.24) is 4.98 Å². The highest BCUT2D eigenvalue weighted by Crippen LogP contribution is 2.24. The Morgan fingerprint density at radius 3 is 3.00 bits per heavy atom. The van der Waals surface area contributed by atoms with Crippen molar-refractivity contribution in [3.63, 3.8) is 0 Å². The third kappa shape index (κ3) is 2.52. The van der Waals surface area contributed by atoms with Gasteiger partial charge in [0, 0.05) is 5.75 Å². The number of thioether (sulfide) groups is 1. The van der Waals surface area contributed by atoms with E-state index in [-0.39, 0.29) is 0 Å². The molecular weight excluding hydrogens is 208 g/mol. The van der Waals surface area contributed by atoms with Gasteiger partial charge in [-0.2, -0.15) is 0 Å². The van der Waals surface area contributed by atoms with Gasteiger partial charge in [-0.25, -0.2) is 4.98 Å². The predicted octanol–water partition coefficient (Wildman–Crippen LogP) is 2.51. The quantitative estimate of drug-likeness (QED) is 0.808. The van der Waals surface area contributed by atoms with E-state index in [4.69, 9.17) is 10.2 Å². The fraction of sp³-hybridized carbons (Fsp3) is 0.364. The van der Waals surface area contributed by atoms with Crippen LogP contribution in [0.2, 0.25) is 0 Å². The molecule has 0 bridgehead atoms. The Kier molecular flexibility index (Phi) is 3.28. The van der Waals surface area contributed by atoms with E-state index in [0.29, 0.717) is 12.5 Å². The Morgan fingerprint density at radius 1 is 1.47 bits per heavy atom. The normalized spacial score (nSPS) is 13.2. The minimum Gasteiger partial charge on any atom is -0.431 e. The topological polar surface area (TPSA) is 52.0 Å². The van der Waals surface area contributed by atoms with Gasteiger partial charge in [-0.05, 0) is 24.6 Å². The molecule has 0 amide bonds. The van der Waals surface area contributed by atoms with E-state index in [9.17, 15) is 0 Å². The summed E-state index contributed by atoms with van der Waals surface area (Å²) in [6, 6.07) is 7.79. The lowest BCUT2D eigenvalue weighted by molar-refractivity contribution is 0.488. The summed E-state index contributed by atoms with van der Waals surface area (Å²) in [5.41, 5.74) is 7.31. The summed E-state index contributed by atoms with van der Waals surface area (Å²) < 4.78 is 5.57. The van der Waals surface area contributed by atoms with Crippen molar-refractivity contribution in [2.75, 3.05) is 12.3 Å². The number of hydrogen-bond donors (Lipinski definition) is 1. The maximum atomic E-state index is 5.57. The van der Waals surface area contributed by atoms with Gasteiger partial charge >= 0.3 is 0 Å². The molecule has 0 spiro atoms. The Morgan fingerprint density at radius 2 is 2.27 bits per heavy atom. The van der Waals surface area contributed by atoms with Gasteiger partial charge in [0.2, 0.25) is 0 Å². The standard InChI is InChI=1S/C11H14N2OS/c1-8(6-12)7-15-11-13-9-4-2-3-5-10(9)14-11/h2-5,8H,6-7,12H2,1H3. The number of fused-ring (bicyclic) bond motifs is 1. The van der Waals surface area contributed by atoms with E-state index >= 15 is 0 Å². The summed E-state index contributed by atoms with van der Waals surface area (Å²) in [4.78, 5) is 4.37. The van der Waals surface area contributed by atoms with Gasteiger partial charge < -0.3 is 10.2 Å². The zero-order valence-corrected chi connectivity index (χ0v) is 9.46. The van der Waals surface area contributed by atoms with E-state index in [2.05, 4.69) is 11.9 Å². The van der Waals surface area contributed by atoms with Crippen molar-refractivity contribution in [2.45, 2.75) is 12.1 Å². The maximum Gasteiger partial charge on any atom is 0.256 e. The third-order valence-electron chi connectivity index (χ3n) is 2.17. The minimum absolute atomic E-state index is 0.491. The number of para-hydroxylation sites is 2. The molecule has 80 valence electrons. The fourth-order valence-corrected chi connectivity index (χ4v) is 2.07. The highest BCUT2D eigenvalue weighted by atomic mass is 32.2. The monoisotopic (exact) mass is 222 g/mol. The number of hydrogen-bond acceptors (Lipinski definition) is 4. The maximum absolute atomic E-state index is 5.57. The second-order valence-electron chi connectivity index (χ2n) is 3.60. The molecule has 2 rings (SSSR count). The molecule has 2 aromatic rings. The summed E-state index contributed by atoms with van der Waals surface area (Å²) in [5.74, 6) is 1.44. The summed E-state index contributed by atoms with van der Waals surface area (Å²) in [6.45, 7) is 2.82. The van der Waals surface area contributed by atoms with Gasteiger partial charge in [0.1, 0.15) is 5.52 Å². The molecule has 0 aliphatic rings. The van der Waals surface area contributed by atoms with E-state index in [0.717, 1.165) is 22.1 Å². The van der Waals surface area contributed by atoms with Crippen molar-refractivity contribution in [1.29, 1.82) is 0 Å². The molecule has 0 aliphatic heterocycles. The summed E-state index contributed by atoms with van der Waals surface area (Å²) in [6.07, 6.45) is 0. The molecule has 0 fully saturated rings. The molecule has 1 unspecified atom stereocenters. The zero-order valence-electron chi connectivity index (χ0n) is 8.64. The molecule has 4 heteroatoms. The van der Waals surface area contributed by atoms with Crippen LogP contribution in [0.4, 0.5) is 0 Å². The smallest absolute Gasteiger partial charge is 0.256 e. The predicted molar refractivity (Wildman–Crippen MR) is 63.0 cm³/mol. The molecule has 0 saturated heterocycles. The van der Waals surface area contributed by atoms with Crippen LogP contribution in [-0.4, -0.2) is 17.3 Å². The average molecular weight is 222 g/mol. The first-order chi connectivity index (χ1) is 7.29. The van der Waals surface area contributed by atoms with Gasteiger partial charge in [0.25, 0.3) is 5.22 Å². The molecule has 1 aromatic carbocycles. The van der Waals surface area contributed by atoms with Crippen LogP contribution in [0.25, 0.3) is 11.1 Å². The van der Waals surface area contributed by atoms with Crippen LogP contribution in [0.1, 0.15) is 6.92 Å². The fourth-order valence-electron chi connectivity index (χ4n) is 1.19. The van der Waals surface area contributed by atoms with Gasteiger partial charge in [0.05, 0.1) is 0 Å². The Labute approximate surface area is 93.0 Å². The average Bonchev–Trinajstić information content (AvgIpc) is 2.68. The van der Waals surface area contributed by atoms with Crippen LogP contribution in [0, 0.1) is 5.92 Å². The molecular formula is C11H14N2OS. The van der Waals surface area contributed by atoms with Crippen LogP contribution in [-0.2, 0) is 0 Å². The van der Waals surface area contributed by atoms with Crippen molar-refractivity contribution in [2.24, 2.45) is 11.7 Å². The van der Waals surface area contributed by atoms with Crippen LogP contribution in [0.15, 0.2) is 33.9 Å². The van der Waals surface area contributed by atoms with Crippen molar-refractivity contribution < 1.29 is 4.42 Å².